The van der Waals surface area contributed by atoms with Crippen LogP contribution in [0.3, 0.4) is 0 Å². The van der Waals surface area contributed by atoms with Gasteiger partial charge in [-0.3, -0.25) is 9.69 Å². The van der Waals surface area contributed by atoms with E-state index in [9.17, 15) is 13.6 Å². The van der Waals surface area contributed by atoms with Crippen LogP contribution in [0.25, 0.3) is 10.2 Å². The number of thiazole rings is 1. The van der Waals surface area contributed by atoms with Gasteiger partial charge in [0.2, 0.25) is 5.91 Å². The Hall–Kier alpha value is -2.38. The predicted molar refractivity (Wildman–Crippen MR) is 103 cm³/mol. The summed E-state index contributed by atoms with van der Waals surface area (Å²) in [6.07, 6.45) is 2.03. The number of para-hydroxylation sites is 1. The summed E-state index contributed by atoms with van der Waals surface area (Å²) >= 11 is 1.71. The fraction of sp³-hybridized carbons (Fsp3) is 0.300. The van der Waals surface area contributed by atoms with Crippen LogP contribution in [-0.4, -0.2) is 35.4 Å². The van der Waals surface area contributed by atoms with E-state index in [0.717, 1.165) is 48.6 Å². The van der Waals surface area contributed by atoms with Gasteiger partial charge in [0.1, 0.15) is 11.6 Å². The van der Waals surface area contributed by atoms with E-state index in [1.54, 1.807) is 11.3 Å². The molecule has 140 valence electrons. The maximum atomic E-state index is 13.7. The highest BCUT2D eigenvalue weighted by atomic mass is 32.1. The molecule has 7 heteroatoms. The highest BCUT2D eigenvalue weighted by Crippen LogP contribution is 2.32. The molecule has 0 bridgehead atoms. The molecule has 4 rings (SSSR count). The van der Waals surface area contributed by atoms with Crippen LogP contribution in [0.15, 0.2) is 42.5 Å². The first-order valence-corrected chi connectivity index (χ1v) is 9.73. The Morgan fingerprint density at radius 1 is 1.26 bits per heavy atom. The highest BCUT2D eigenvalue weighted by Gasteiger charge is 2.25. The molecule has 0 saturated carbocycles. The van der Waals surface area contributed by atoms with Gasteiger partial charge in [0.05, 0.1) is 27.5 Å². The van der Waals surface area contributed by atoms with Gasteiger partial charge in [-0.05, 0) is 43.7 Å². The van der Waals surface area contributed by atoms with Gasteiger partial charge in [0.25, 0.3) is 0 Å². The minimum Gasteiger partial charge on any atom is -0.322 e. The molecular formula is C20H19F2N3OS. The third kappa shape index (κ3) is 4.14. The smallest absolute Gasteiger partial charge is 0.238 e. The van der Waals surface area contributed by atoms with Crippen molar-refractivity contribution < 1.29 is 13.6 Å². The van der Waals surface area contributed by atoms with Crippen molar-refractivity contribution >= 4 is 33.1 Å². The molecule has 1 saturated heterocycles. The molecule has 1 atom stereocenters. The maximum absolute atomic E-state index is 13.7. The van der Waals surface area contributed by atoms with Crippen LogP contribution in [-0.2, 0) is 4.79 Å². The number of nitrogens with zero attached hydrogens (tertiary/aromatic N) is 2. The van der Waals surface area contributed by atoms with Crippen molar-refractivity contribution in [2.24, 2.45) is 0 Å². The molecule has 1 aliphatic heterocycles. The van der Waals surface area contributed by atoms with Gasteiger partial charge in [-0.15, -0.1) is 11.3 Å². The molecule has 1 amide bonds. The minimum absolute atomic E-state index is 0.00105. The van der Waals surface area contributed by atoms with Crippen LogP contribution in [0.5, 0.6) is 0 Å². The molecule has 0 spiro atoms. The quantitative estimate of drug-likeness (QED) is 0.722. The second-order valence-corrected chi connectivity index (χ2v) is 7.83. The number of benzene rings is 2. The number of rotatable bonds is 4. The molecular weight excluding hydrogens is 368 g/mol. The molecule has 2 heterocycles. The molecule has 0 radical (unpaired) electrons. The van der Waals surface area contributed by atoms with Crippen LogP contribution in [0, 0.1) is 11.6 Å². The number of carbonyl (C=O) groups excluding carboxylic acids is 1. The molecule has 3 aromatic rings. The number of aromatic nitrogens is 1. The topological polar surface area (TPSA) is 45.2 Å². The number of carbonyl (C=O) groups is 1. The molecule has 4 nitrogen and oxygen atoms in total. The lowest BCUT2D eigenvalue weighted by Crippen LogP contribution is -2.39. The Bertz CT molecular complexity index is 942. The zero-order valence-electron chi connectivity index (χ0n) is 14.6. The number of amides is 1. The maximum Gasteiger partial charge on any atom is 0.238 e. The molecule has 1 aliphatic rings. The van der Waals surface area contributed by atoms with Gasteiger partial charge in [-0.1, -0.05) is 12.1 Å². The molecule has 0 aliphatic carbocycles. The van der Waals surface area contributed by atoms with Crippen LogP contribution < -0.4 is 5.32 Å². The molecule has 1 aromatic heterocycles. The van der Waals surface area contributed by atoms with Gasteiger partial charge >= 0.3 is 0 Å². The highest BCUT2D eigenvalue weighted by molar-refractivity contribution is 7.18. The minimum atomic E-state index is -0.769. The predicted octanol–water partition coefficient (Wildman–Crippen LogP) is 4.39. The van der Waals surface area contributed by atoms with E-state index in [1.807, 2.05) is 18.2 Å². The fourth-order valence-electron chi connectivity index (χ4n) is 3.45. The van der Waals surface area contributed by atoms with E-state index in [4.69, 9.17) is 4.98 Å². The number of piperidine rings is 1. The second kappa shape index (κ2) is 7.70. The third-order valence-corrected chi connectivity index (χ3v) is 5.94. The largest absolute Gasteiger partial charge is 0.322 e. The number of nitrogens with one attached hydrogen (secondary N) is 1. The first kappa shape index (κ1) is 18.0. The molecule has 2 aromatic carbocycles. The standard InChI is InChI=1S/C20H19F2N3OS/c21-14-7-8-16(15(22)10-14)23-19(26)12-25-9-3-4-13(11-25)20-24-17-5-1-2-6-18(17)27-20/h1-2,5-8,10,13H,3-4,9,11-12H2,(H,23,26)/t13-/m0/s1. The van der Waals surface area contributed by atoms with Gasteiger partial charge < -0.3 is 5.32 Å². The number of likely N-dealkylation sites (tertiary alicyclic amines) is 1. The van der Waals surface area contributed by atoms with Crippen molar-refractivity contribution in [2.75, 3.05) is 25.0 Å². The number of halogens is 2. The molecule has 0 unspecified atom stereocenters. The fourth-order valence-corrected chi connectivity index (χ4v) is 4.54. The van der Waals surface area contributed by atoms with Crippen molar-refractivity contribution in [3.8, 4) is 0 Å². The summed E-state index contributed by atoms with van der Waals surface area (Å²) < 4.78 is 27.8. The van der Waals surface area contributed by atoms with E-state index in [0.29, 0.717) is 5.92 Å². The van der Waals surface area contributed by atoms with Crippen LogP contribution in [0.1, 0.15) is 23.8 Å². The van der Waals surface area contributed by atoms with Gasteiger partial charge in [0.15, 0.2) is 0 Å². The summed E-state index contributed by atoms with van der Waals surface area (Å²) in [4.78, 5) is 19.1. The summed E-state index contributed by atoms with van der Waals surface area (Å²) in [5.41, 5.74) is 1.01. The van der Waals surface area contributed by atoms with Crippen molar-refractivity contribution in [1.82, 2.24) is 9.88 Å². The number of hydrogen-bond acceptors (Lipinski definition) is 4. The third-order valence-electron chi connectivity index (χ3n) is 4.74. The lowest BCUT2D eigenvalue weighted by molar-refractivity contribution is -0.117. The second-order valence-electron chi connectivity index (χ2n) is 6.77. The Morgan fingerprint density at radius 3 is 2.93 bits per heavy atom. The first-order chi connectivity index (χ1) is 13.1. The van der Waals surface area contributed by atoms with Crippen molar-refractivity contribution in [3.05, 3.63) is 59.1 Å². The van der Waals surface area contributed by atoms with Crippen LogP contribution in [0.4, 0.5) is 14.5 Å². The summed E-state index contributed by atoms with van der Waals surface area (Å²) in [5.74, 6) is -1.44. The zero-order valence-corrected chi connectivity index (χ0v) is 15.4. The van der Waals surface area contributed by atoms with E-state index < -0.39 is 11.6 Å². The summed E-state index contributed by atoms with van der Waals surface area (Å²) in [7, 11) is 0. The normalized spacial score (nSPS) is 17.9. The van der Waals surface area contributed by atoms with Crippen LogP contribution >= 0.6 is 11.3 Å². The van der Waals surface area contributed by atoms with E-state index >= 15 is 0 Å². The SMILES string of the molecule is O=C(CN1CCC[C@H](c2nc3ccccc3s2)C1)Nc1ccc(F)cc1F. The summed E-state index contributed by atoms with van der Waals surface area (Å²) in [6, 6.07) is 11.2. The van der Waals surface area contributed by atoms with Gasteiger partial charge in [-0.25, -0.2) is 13.8 Å². The zero-order chi connectivity index (χ0) is 18.8. The average Bonchev–Trinajstić information content (AvgIpc) is 3.08. The lowest BCUT2D eigenvalue weighted by Gasteiger charge is -2.31. The van der Waals surface area contributed by atoms with Crippen molar-refractivity contribution in [3.63, 3.8) is 0 Å². The Kier molecular flexibility index (Phi) is 5.13. The Labute approximate surface area is 159 Å². The number of hydrogen-bond donors (Lipinski definition) is 1. The number of fused-ring (bicyclic) bond motifs is 1. The van der Waals surface area contributed by atoms with E-state index in [2.05, 4.69) is 16.3 Å². The monoisotopic (exact) mass is 387 g/mol. The van der Waals surface area contributed by atoms with Crippen molar-refractivity contribution in [2.45, 2.75) is 18.8 Å². The molecule has 1 fully saturated rings. The summed E-state index contributed by atoms with van der Waals surface area (Å²) in [6.45, 7) is 1.75. The molecule has 27 heavy (non-hydrogen) atoms. The van der Waals surface area contributed by atoms with E-state index in [-0.39, 0.29) is 18.1 Å². The van der Waals surface area contributed by atoms with Gasteiger partial charge in [-0.2, -0.15) is 0 Å². The lowest BCUT2D eigenvalue weighted by atomic mass is 9.99. The van der Waals surface area contributed by atoms with Crippen LogP contribution in [0.2, 0.25) is 0 Å². The van der Waals surface area contributed by atoms with Gasteiger partial charge in [0, 0.05) is 18.5 Å². The average molecular weight is 387 g/mol. The summed E-state index contributed by atoms with van der Waals surface area (Å²) in [5, 5.41) is 3.63. The Balaban J connectivity index is 1.40. The Morgan fingerprint density at radius 2 is 2.11 bits per heavy atom. The first-order valence-electron chi connectivity index (χ1n) is 8.91. The van der Waals surface area contributed by atoms with E-state index in [1.165, 1.54) is 10.8 Å². The number of anilines is 1. The van der Waals surface area contributed by atoms with Crippen molar-refractivity contribution in [1.29, 1.82) is 0 Å². The molecule has 1 N–H and O–H groups in total.